The Labute approximate surface area is 94.0 Å². The number of rotatable bonds is 3. The predicted molar refractivity (Wildman–Crippen MR) is 56.4 cm³/mol. The Kier molecular flexibility index (Phi) is 15.2. The van der Waals surface area contributed by atoms with Crippen molar-refractivity contribution in [2.24, 2.45) is 5.41 Å². The lowest BCUT2D eigenvalue weighted by Crippen LogP contribution is -2.20. The number of aliphatic hydroxyl groups is 4. The summed E-state index contributed by atoms with van der Waals surface area (Å²) in [5, 5.41) is 32.1. The largest absolute Gasteiger partial charge is 0.466 e. The van der Waals surface area contributed by atoms with Crippen molar-refractivity contribution in [3.8, 4) is 0 Å². The summed E-state index contributed by atoms with van der Waals surface area (Å²) in [5.74, 6) is 0. The van der Waals surface area contributed by atoms with Crippen molar-refractivity contribution in [1.29, 1.82) is 0 Å². The van der Waals surface area contributed by atoms with Crippen LogP contribution in [0.2, 0.25) is 0 Å². The third kappa shape index (κ3) is 48.4. The molecular formula is C7H21O8P. The summed E-state index contributed by atoms with van der Waals surface area (Å²) in [4.78, 5) is 21.6. The molecule has 0 radical (unpaired) electrons. The molecule has 0 aromatic heterocycles. The zero-order chi connectivity index (χ0) is 13.8. The normalized spacial score (nSPS) is 10.8. The molecule has 0 spiro atoms. The Hall–Kier alpha value is -0.0500. The van der Waals surface area contributed by atoms with Crippen molar-refractivity contribution in [2.45, 2.75) is 13.8 Å². The van der Waals surface area contributed by atoms with E-state index in [9.17, 15) is 0 Å². The highest BCUT2D eigenvalue weighted by Gasteiger charge is 2.13. The molecule has 0 amide bonds. The molecule has 0 aliphatic heterocycles. The summed E-state index contributed by atoms with van der Waals surface area (Å²) in [6.07, 6.45) is 0. The van der Waals surface area contributed by atoms with Gasteiger partial charge < -0.3 is 35.1 Å². The van der Waals surface area contributed by atoms with E-state index < -0.39 is 7.82 Å². The van der Waals surface area contributed by atoms with Gasteiger partial charge in [0.15, 0.2) is 0 Å². The van der Waals surface area contributed by atoms with E-state index >= 15 is 0 Å². The topological polar surface area (TPSA) is 159 Å². The second-order valence-corrected chi connectivity index (χ2v) is 4.47. The van der Waals surface area contributed by atoms with E-state index in [-0.39, 0.29) is 31.8 Å². The standard InChI is InChI=1S/C5H12O2.C2H6O2.H3O4P/c1-5(2,3-6)4-7;3-1-2-4;1-5(2,3)4/h6-7H,3-4H2,1-2H3;3-4H,1-2H2;(H3,1,2,3,4). The summed E-state index contributed by atoms with van der Waals surface area (Å²) >= 11 is 0. The number of phosphoric acid groups is 1. The summed E-state index contributed by atoms with van der Waals surface area (Å²) in [7, 11) is -4.64. The van der Waals surface area contributed by atoms with E-state index in [2.05, 4.69) is 0 Å². The van der Waals surface area contributed by atoms with Crippen LogP contribution in [0.3, 0.4) is 0 Å². The first-order chi connectivity index (χ1) is 7.04. The Morgan fingerprint density at radius 2 is 1.06 bits per heavy atom. The van der Waals surface area contributed by atoms with Gasteiger partial charge in [-0.15, -0.1) is 0 Å². The first-order valence-corrected chi connectivity index (χ1v) is 5.82. The van der Waals surface area contributed by atoms with Crippen molar-refractivity contribution in [1.82, 2.24) is 0 Å². The van der Waals surface area contributed by atoms with Crippen LogP contribution in [-0.2, 0) is 4.57 Å². The molecule has 16 heavy (non-hydrogen) atoms. The molecule has 0 aliphatic carbocycles. The van der Waals surface area contributed by atoms with Gasteiger partial charge in [-0.2, -0.15) is 0 Å². The van der Waals surface area contributed by atoms with Crippen LogP contribution in [0.15, 0.2) is 0 Å². The second kappa shape index (κ2) is 11.4. The molecule has 0 atom stereocenters. The molecule has 8 nitrogen and oxygen atoms in total. The molecule has 0 bridgehead atoms. The van der Waals surface area contributed by atoms with Gasteiger partial charge in [0.2, 0.25) is 0 Å². The fourth-order valence-electron chi connectivity index (χ4n) is 0.0500. The maximum Gasteiger partial charge on any atom is 0.466 e. The van der Waals surface area contributed by atoms with Gasteiger partial charge in [-0.3, -0.25) is 0 Å². The van der Waals surface area contributed by atoms with E-state index in [0.717, 1.165) is 0 Å². The molecule has 9 heteroatoms. The van der Waals surface area contributed by atoms with Gasteiger partial charge in [0.1, 0.15) is 0 Å². The maximum atomic E-state index is 8.88. The monoisotopic (exact) mass is 264 g/mol. The second-order valence-electron chi connectivity index (χ2n) is 3.44. The summed E-state index contributed by atoms with van der Waals surface area (Å²) < 4.78 is 8.88. The highest BCUT2D eigenvalue weighted by molar-refractivity contribution is 7.45. The van der Waals surface area contributed by atoms with Gasteiger partial charge in [-0.05, 0) is 0 Å². The number of hydrogen-bond acceptors (Lipinski definition) is 5. The Morgan fingerprint density at radius 3 is 1.06 bits per heavy atom. The van der Waals surface area contributed by atoms with E-state index in [4.69, 9.17) is 39.7 Å². The van der Waals surface area contributed by atoms with Crippen LogP contribution < -0.4 is 0 Å². The van der Waals surface area contributed by atoms with Crippen molar-refractivity contribution >= 4 is 7.82 Å². The molecule has 102 valence electrons. The summed E-state index contributed by atoms with van der Waals surface area (Å²) in [5.41, 5.74) is -0.306. The molecule has 0 heterocycles. The predicted octanol–water partition coefficient (Wildman–Crippen LogP) is -1.96. The molecule has 7 N–H and O–H groups in total. The zero-order valence-corrected chi connectivity index (χ0v) is 10.2. The van der Waals surface area contributed by atoms with Crippen LogP contribution in [-0.4, -0.2) is 61.5 Å². The van der Waals surface area contributed by atoms with Crippen LogP contribution in [0, 0.1) is 5.41 Å². The minimum absolute atomic E-state index is 0.0451. The number of aliphatic hydroxyl groups excluding tert-OH is 4. The highest BCUT2D eigenvalue weighted by Crippen LogP contribution is 2.25. The van der Waals surface area contributed by atoms with Gasteiger partial charge in [-0.1, -0.05) is 13.8 Å². The van der Waals surface area contributed by atoms with Gasteiger partial charge >= 0.3 is 7.82 Å². The Bertz CT molecular complexity index is 161. The molecule has 0 aromatic carbocycles. The highest BCUT2D eigenvalue weighted by atomic mass is 31.2. The van der Waals surface area contributed by atoms with E-state index in [0.29, 0.717) is 0 Å². The molecular weight excluding hydrogens is 243 g/mol. The summed E-state index contributed by atoms with van der Waals surface area (Å²) in [6, 6.07) is 0. The molecule has 0 unspecified atom stereocenters. The molecule has 0 fully saturated rings. The Morgan fingerprint density at radius 1 is 0.875 bits per heavy atom. The molecule has 0 saturated heterocycles. The molecule has 0 saturated carbocycles. The van der Waals surface area contributed by atoms with E-state index in [1.807, 2.05) is 0 Å². The first-order valence-electron chi connectivity index (χ1n) is 4.25. The lowest BCUT2D eigenvalue weighted by atomic mass is 9.97. The van der Waals surface area contributed by atoms with Crippen molar-refractivity contribution in [2.75, 3.05) is 26.4 Å². The van der Waals surface area contributed by atoms with Crippen molar-refractivity contribution in [3.63, 3.8) is 0 Å². The minimum Gasteiger partial charge on any atom is -0.396 e. The quantitative estimate of drug-likeness (QED) is 0.289. The zero-order valence-electron chi connectivity index (χ0n) is 9.31. The van der Waals surface area contributed by atoms with Crippen LogP contribution in [0.1, 0.15) is 13.8 Å². The molecule has 0 aliphatic rings. The van der Waals surface area contributed by atoms with Gasteiger partial charge in [-0.25, -0.2) is 4.57 Å². The fourth-order valence-corrected chi connectivity index (χ4v) is 0.0500. The average Bonchev–Trinajstić information content (AvgIpc) is 2.16. The van der Waals surface area contributed by atoms with Crippen molar-refractivity contribution < 1.29 is 39.7 Å². The average molecular weight is 264 g/mol. The molecule has 0 aromatic rings. The number of hydrogen-bond donors (Lipinski definition) is 7. The van der Waals surface area contributed by atoms with Crippen molar-refractivity contribution in [3.05, 3.63) is 0 Å². The summed E-state index contributed by atoms with van der Waals surface area (Å²) in [6.45, 7) is 3.44. The van der Waals surface area contributed by atoms with Crippen LogP contribution in [0.25, 0.3) is 0 Å². The maximum absolute atomic E-state index is 8.88. The minimum atomic E-state index is -4.64. The third-order valence-corrected chi connectivity index (χ3v) is 0.956. The lowest BCUT2D eigenvalue weighted by molar-refractivity contribution is 0.0857. The van der Waals surface area contributed by atoms with Crippen LogP contribution in [0.5, 0.6) is 0 Å². The van der Waals surface area contributed by atoms with Crippen LogP contribution in [0.4, 0.5) is 0 Å². The SMILES string of the molecule is CC(C)(CO)CO.O=P(O)(O)O.OCCO. The molecule has 0 rings (SSSR count). The fraction of sp³-hybridized carbons (Fsp3) is 1.00. The first kappa shape index (κ1) is 21.3. The smallest absolute Gasteiger partial charge is 0.396 e. The lowest BCUT2D eigenvalue weighted by Gasteiger charge is -2.16. The van der Waals surface area contributed by atoms with Gasteiger partial charge in [0.05, 0.1) is 26.4 Å². The van der Waals surface area contributed by atoms with Gasteiger partial charge in [0.25, 0.3) is 0 Å². The van der Waals surface area contributed by atoms with E-state index in [1.165, 1.54) is 0 Å². The third-order valence-electron chi connectivity index (χ3n) is 0.956. The van der Waals surface area contributed by atoms with E-state index in [1.54, 1.807) is 13.8 Å². The van der Waals surface area contributed by atoms with Gasteiger partial charge in [0, 0.05) is 5.41 Å². The van der Waals surface area contributed by atoms with Crippen LogP contribution >= 0.6 is 7.82 Å². The Balaban J connectivity index is -0.000000166.